The van der Waals surface area contributed by atoms with E-state index >= 15 is 0 Å². The van der Waals surface area contributed by atoms with Crippen LogP contribution < -0.4 is 29.1 Å². The Labute approximate surface area is 291 Å². The van der Waals surface area contributed by atoms with Crippen LogP contribution in [-0.2, 0) is 16.1 Å². The molecule has 0 amide bonds. The minimum absolute atomic E-state index is 0.192. The molecule has 5 aromatic rings. The highest BCUT2D eigenvalue weighted by atomic mass is 79.9. The van der Waals surface area contributed by atoms with Crippen molar-refractivity contribution in [3.63, 3.8) is 0 Å². The van der Waals surface area contributed by atoms with Crippen LogP contribution in [0.1, 0.15) is 36.6 Å². The molecule has 0 saturated carbocycles. The van der Waals surface area contributed by atoms with E-state index < -0.39 is 12.0 Å². The molecule has 0 bridgehead atoms. The molecule has 1 aliphatic heterocycles. The van der Waals surface area contributed by atoms with Crippen molar-refractivity contribution in [2.24, 2.45) is 4.99 Å². The van der Waals surface area contributed by atoms with Crippen LogP contribution >= 0.6 is 43.2 Å². The van der Waals surface area contributed by atoms with E-state index in [2.05, 4.69) is 55.1 Å². The highest BCUT2D eigenvalue weighted by molar-refractivity contribution is 9.11. The second kappa shape index (κ2) is 13.9. The number of aromatic nitrogens is 1. The zero-order chi connectivity index (χ0) is 33.2. The number of rotatable bonds is 9. The molecule has 0 N–H and O–H groups in total. The molecule has 4 aromatic carbocycles. The second-order valence-electron chi connectivity index (χ2n) is 10.7. The van der Waals surface area contributed by atoms with Gasteiger partial charge in [0.05, 0.1) is 51.6 Å². The fraction of sp³-hybridized carbons (Fsp3) is 0.194. The largest absolute Gasteiger partial charge is 0.496 e. The number of halogens is 2. The number of benzene rings is 4. The lowest BCUT2D eigenvalue weighted by Crippen LogP contribution is -2.40. The summed E-state index contributed by atoms with van der Waals surface area (Å²) in [4.78, 5) is 32.5. The summed E-state index contributed by atoms with van der Waals surface area (Å²) in [6.45, 7) is 4.04. The predicted molar refractivity (Wildman–Crippen MR) is 190 cm³/mol. The standard InChI is InChI=1S/C36H30Br2N2O6S/c1-5-45-35(42)31-20(2)39-36-40(32(31)23-13-14-28(43-3)26(37)18-23)34(41)30(47-36)17-21-15-27(38)33(29(16-21)44-4)46-19-24-11-8-10-22-9-6-7-12-25(22)24/h6-18,32H,5,19H2,1-4H3/b30-17+/t32-/m0/s1. The van der Waals surface area contributed by atoms with E-state index in [9.17, 15) is 9.59 Å². The first-order chi connectivity index (χ1) is 22.7. The number of hydrogen-bond donors (Lipinski definition) is 0. The van der Waals surface area contributed by atoms with E-state index in [-0.39, 0.29) is 12.2 Å². The SMILES string of the molecule is CCOC(=O)C1=C(C)N=c2s/c(=C/c3cc(Br)c(OCc4cccc5ccccc45)c(OC)c3)c(=O)n2[C@H]1c1ccc(OC)c(Br)c1. The van der Waals surface area contributed by atoms with Gasteiger partial charge in [-0.3, -0.25) is 9.36 Å². The number of allylic oxidation sites excluding steroid dienone is 1. The summed E-state index contributed by atoms with van der Waals surface area (Å²) >= 11 is 8.46. The molecule has 1 atom stereocenters. The van der Waals surface area contributed by atoms with E-state index in [1.54, 1.807) is 44.8 Å². The molecule has 1 aromatic heterocycles. The van der Waals surface area contributed by atoms with Crippen molar-refractivity contribution in [1.29, 1.82) is 0 Å². The Morgan fingerprint density at radius 2 is 1.74 bits per heavy atom. The van der Waals surface area contributed by atoms with Gasteiger partial charge in [-0.1, -0.05) is 59.9 Å². The minimum atomic E-state index is -0.749. The molecule has 0 spiro atoms. The first-order valence-electron chi connectivity index (χ1n) is 14.7. The Balaban J connectivity index is 1.40. The van der Waals surface area contributed by atoms with Crippen molar-refractivity contribution >= 4 is 66.0 Å². The van der Waals surface area contributed by atoms with Crippen LogP contribution in [0.3, 0.4) is 0 Å². The number of esters is 1. The third-order valence-electron chi connectivity index (χ3n) is 7.81. The predicted octanol–water partition coefficient (Wildman–Crippen LogP) is 7.07. The van der Waals surface area contributed by atoms with E-state index in [1.165, 1.54) is 11.3 Å². The first kappa shape index (κ1) is 32.7. The minimum Gasteiger partial charge on any atom is -0.496 e. The number of fused-ring (bicyclic) bond motifs is 2. The summed E-state index contributed by atoms with van der Waals surface area (Å²) in [5, 5.41) is 2.27. The molecule has 0 aliphatic carbocycles. The van der Waals surface area contributed by atoms with Crippen LogP contribution in [0, 0.1) is 0 Å². The fourth-order valence-electron chi connectivity index (χ4n) is 5.64. The fourth-order valence-corrected chi connectivity index (χ4v) is 7.82. The van der Waals surface area contributed by atoms with Gasteiger partial charge in [0.1, 0.15) is 12.4 Å². The van der Waals surface area contributed by atoms with Gasteiger partial charge in [-0.15, -0.1) is 0 Å². The maximum absolute atomic E-state index is 14.1. The van der Waals surface area contributed by atoms with Gasteiger partial charge in [-0.25, -0.2) is 9.79 Å². The topological polar surface area (TPSA) is 88.4 Å². The van der Waals surface area contributed by atoms with Gasteiger partial charge in [0.15, 0.2) is 16.3 Å². The van der Waals surface area contributed by atoms with Crippen LogP contribution in [0.5, 0.6) is 17.2 Å². The average Bonchev–Trinajstić information content (AvgIpc) is 3.36. The summed E-state index contributed by atoms with van der Waals surface area (Å²) in [5.74, 6) is 1.18. The van der Waals surface area contributed by atoms with Gasteiger partial charge in [-0.2, -0.15) is 0 Å². The Morgan fingerprint density at radius 3 is 2.49 bits per heavy atom. The number of carbonyl (C=O) groups excluding carboxylic acids is 1. The number of nitrogens with zero attached hydrogens (tertiary/aromatic N) is 2. The Morgan fingerprint density at radius 1 is 0.979 bits per heavy atom. The van der Waals surface area contributed by atoms with Gasteiger partial charge in [0, 0.05) is 0 Å². The number of thiazole rings is 1. The highest BCUT2D eigenvalue weighted by Crippen LogP contribution is 2.38. The first-order valence-corrected chi connectivity index (χ1v) is 17.1. The van der Waals surface area contributed by atoms with E-state index in [0.717, 1.165) is 21.9 Å². The Bertz CT molecular complexity index is 2240. The summed E-state index contributed by atoms with van der Waals surface area (Å²) < 4.78 is 26.2. The van der Waals surface area contributed by atoms with E-state index in [4.69, 9.17) is 18.9 Å². The Kier molecular flexibility index (Phi) is 9.67. The van der Waals surface area contributed by atoms with Crippen LogP contribution in [-0.4, -0.2) is 31.4 Å². The van der Waals surface area contributed by atoms with Crippen molar-refractivity contribution in [2.45, 2.75) is 26.5 Å². The normalized spacial score (nSPS) is 14.5. The molecule has 0 saturated heterocycles. The molecule has 6 rings (SSSR count). The molecule has 11 heteroatoms. The molecular formula is C36H30Br2N2O6S. The van der Waals surface area contributed by atoms with Crippen LogP contribution in [0.25, 0.3) is 16.8 Å². The second-order valence-corrected chi connectivity index (χ2v) is 13.4. The van der Waals surface area contributed by atoms with Crippen molar-refractivity contribution in [3.05, 3.63) is 129 Å². The van der Waals surface area contributed by atoms with Gasteiger partial charge in [-0.05, 0) is 104 Å². The number of carbonyl (C=O) groups is 1. The lowest BCUT2D eigenvalue weighted by atomic mass is 9.96. The lowest BCUT2D eigenvalue weighted by Gasteiger charge is -2.25. The van der Waals surface area contributed by atoms with Crippen LogP contribution in [0.4, 0.5) is 0 Å². The maximum atomic E-state index is 14.1. The average molecular weight is 779 g/mol. The summed E-state index contributed by atoms with van der Waals surface area (Å²) in [5.41, 5.74) is 3.00. The zero-order valence-electron chi connectivity index (χ0n) is 26.0. The number of hydrogen-bond acceptors (Lipinski definition) is 8. The van der Waals surface area contributed by atoms with Gasteiger partial charge >= 0.3 is 5.97 Å². The molecule has 0 radical (unpaired) electrons. The summed E-state index contributed by atoms with van der Waals surface area (Å²) in [6, 6.07) is 22.7. The van der Waals surface area contributed by atoms with Crippen LogP contribution in [0.15, 0.2) is 103 Å². The van der Waals surface area contributed by atoms with Crippen molar-refractivity contribution in [2.75, 3.05) is 20.8 Å². The van der Waals surface area contributed by atoms with Gasteiger partial charge < -0.3 is 18.9 Å². The quantitative estimate of drug-likeness (QED) is 0.149. The lowest BCUT2D eigenvalue weighted by molar-refractivity contribution is -0.139. The monoisotopic (exact) mass is 776 g/mol. The molecule has 2 heterocycles. The van der Waals surface area contributed by atoms with E-state index in [1.807, 2.05) is 48.5 Å². The smallest absolute Gasteiger partial charge is 0.338 e. The Hall–Kier alpha value is -4.19. The summed E-state index contributed by atoms with van der Waals surface area (Å²) in [6.07, 6.45) is 1.79. The maximum Gasteiger partial charge on any atom is 0.338 e. The highest BCUT2D eigenvalue weighted by Gasteiger charge is 2.33. The zero-order valence-corrected chi connectivity index (χ0v) is 30.0. The molecule has 1 aliphatic rings. The van der Waals surface area contributed by atoms with E-state index in [0.29, 0.717) is 59.0 Å². The summed E-state index contributed by atoms with van der Waals surface area (Å²) in [7, 11) is 3.16. The number of ether oxygens (including phenoxy) is 4. The molecule has 8 nitrogen and oxygen atoms in total. The third-order valence-corrected chi connectivity index (χ3v) is 10.0. The van der Waals surface area contributed by atoms with Crippen LogP contribution in [0.2, 0.25) is 0 Å². The van der Waals surface area contributed by atoms with Crippen molar-refractivity contribution < 1.29 is 23.7 Å². The molecule has 240 valence electrons. The molecular weight excluding hydrogens is 748 g/mol. The molecule has 0 fully saturated rings. The van der Waals surface area contributed by atoms with Gasteiger partial charge in [0.2, 0.25) is 0 Å². The van der Waals surface area contributed by atoms with Gasteiger partial charge in [0.25, 0.3) is 5.56 Å². The molecule has 47 heavy (non-hydrogen) atoms. The van der Waals surface area contributed by atoms with Crippen molar-refractivity contribution in [3.8, 4) is 17.2 Å². The molecule has 0 unspecified atom stereocenters. The third kappa shape index (κ3) is 6.39. The number of methoxy groups -OCH3 is 2. The van der Waals surface area contributed by atoms with Crippen molar-refractivity contribution in [1.82, 2.24) is 4.57 Å².